The van der Waals surface area contributed by atoms with Crippen LogP contribution in [0.25, 0.3) is 10.9 Å². The molecule has 0 bridgehead atoms. The summed E-state index contributed by atoms with van der Waals surface area (Å²) in [5.74, 6) is 0.843. The molecule has 0 aliphatic heterocycles. The zero-order valence-electron chi connectivity index (χ0n) is 11.5. The molecule has 1 saturated carbocycles. The number of hydrogen-bond donors (Lipinski definition) is 0. The van der Waals surface area contributed by atoms with Crippen molar-refractivity contribution in [2.45, 2.75) is 36.5 Å². The maximum Gasteiger partial charge on any atom is 0.117 e. The van der Waals surface area contributed by atoms with Gasteiger partial charge in [0.15, 0.2) is 0 Å². The number of nitriles is 1. The minimum Gasteiger partial charge on any atom is -0.236 e. The molecule has 1 aromatic carbocycles. The number of nitrogens with zero attached hydrogens (tertiary/aromatic N) is 3. The van der Waals surface area contributed by atoms with Gasteiger partial charge in [-0.05, 0) is 31.2 Å². The Bertz CT molecular complexity index is 644. The lowest BCUT2D eigenvalue weighted by molar-refractivity contribution is 0.345. The van der Waals surface area contributed by atoms with Crippen LogP contribution < -0.4 is 0 Å². The van der Waals surface area contributed by atoms with E-state index < -0.39 is 0 Å². The van der Waals surface area contributed by atoms with Crippen LogP contribution in [0.15, 0.2) is 35.6 Å². The van der Waals surface area contributed by atoms with Crippen LogP contribution in [0.1, 0.15) is 26.2 Å². The molecule has 0 amide bonds. The lowest BCUT2D eigenvalue weighted by Crippen LogP contribution is -2.25. The number of fused-ring (bicyclic) bond motifs is 1. The highest BCUT2D eigenvalue weighted by molar-refractivity contribution is 8.00. The molecule has 1 aliphatic rings. The third-order valence-corrected chi connectivity index (χ3v) is 5.36. The van der Waals surface area contributed by atoms with Gasteiger partial charge in [-0.1, -0.05) is 25.1 Å². The summed E-state index contributed by atoms with van der Waals surface area (Å²) in [6.45, 7) is 2.28. The van der Waals surface area contributed by atoms with E-state index in [2.05, 4.69) is 29.0 Å². The van der Waals surface area contributed by atoms with Gasteiger partial charge in [0.1, 0.15) is 11.4 Å². The highest BCUT2D eigenvalue weighted by Crippen LogP contribution is 2.40. The van der Waals surface area contributed by atoms with Gasteiger partial charge in [-0.3, -0.25) is 0 Å². The van der Waals surface area contributed by atoms with Crippen LogP contribution in [-0.4, -0.2) is 15.2 Å². The van der Waals surface area contributed by atoms with Gasteiger partial charge >= 0.3 is 0 Å². The van der Waals surface area contributed by atoms with E-state index in [1.807, 2.05) is 18.2 Å². The third kappa shape index (κ3) is 2.64. The Morgan fingerprint density at radius 2 is 2.10 bits per heavy atom. The summed E-state index contributed by atoms with van der Waals surface area (Å²) in [6.07, 6.45) is 4.90. The van der Waals surface area contributed by atoms with Crippen molar-refractivity contribution in [1.82, 2.24) is 9.97 Å². The van der Waals surface area contributed by atoms with Gasteiger partial charge in [-0.25, -0.2) is 9.97 Å². The molecule has 3 rings (SSSR count). The molecule has 1 aliphatic carbocycles. The molecule has 4 heteroatoms. The first kappa shape index (κ1) is 13.4. The smallest absolute Gasteiger partial charge is 0.117 e. The fraction of sp³-hybridized carbons (Fsp3) is 0.438. The lowest BCUT2D eigenvalue weighted by Gasteiger charge is -2.30. The second-order valence-electron chi connectivity index (χ2n) is 5.51. The number of thioether (sulfide) groups is 1. The third-order valence-electron chi connectivity index (χ3n) is 3.99. The molecule has 2 aromatic rings. The summed E-state index contributed by atoms with van der Waals surface area (Å²) in [6, 6.07) is 10.6. The molecule has 3 atom stereocenters. The second-order valence-corrected chi connectivity index (χ2v) is 6.73. The maximum absolute atomic E-state index is 9.34. The standard InChI is InChI=1S/C16H17N3S/c1-11-6-7-12(9-17)15(8-11)20-16-13-4-2-3-5-14(13)18-10-19-16/h2-5,10-12,15H,6-8H2,1H3. The molecule has 3 nitrogen and oxygen atoms in total. The zero-order valence-corrected chi connectivity index (χ0v) is 12.3. The van der Waals surface area contributed by atoms with E-state index >= 15 is 0 Å². The average Bonchev–Trinajstić information content (AvgIpc) is 2.48. The van der Waals surface area contributed by atoms with Gasteiger partial charge in [-0.2, -0.15) is 5.26 Å². The number of hydrogen-bond acceptors (Lipinski definition) is 4. The predicted molar refractivity (Wildman–Crippen MR) is 81.3 cm³/mol. The fourth-order valence-electron chi connectivity index (χ4n) is 2.82. The highest BCUT2D eigenvalue weighted by Gasteiger charge is 2.30. The van der Waals surface area contributed by atoms with E-state index in [1.54, 1.807) is 18.1 Å². The molecule has 1 aromatic heterocycles. The topological polar surface area (TPSA) is 49.6 Å². The highest BCUT2D eigenvalue weighted by atomic mass is 32.2. The molecule has 3 unspecified atom stereocenters. The van der Waals surface area contributed by atoms with Crippen molar-refractivity contribution in [2.24, 2.45) is 11.8 Å². The number of benzene rings is 1. The van der Waals surface area contributed by atoms with Gasteiger partial charge in [0, 0.05) is 10.6 Å². The van der Waals surface area contributed by atoms with Crippen molar-refractivity contribution in [3.8, 4) is 6.07 Å². The molecule has 20 heavy (non-hydrogen) atoms. The van der Waals surface area contributed by atoms with Crippen molar-refractivity contribution in [3.63, 3.8) is 0 Å². The fourth-order valence-corrected chi connectivity index (χ4v) is 4.30. The van der Waals surface area contributed by atoms with Gasteiger partial charge in [0.2, 0.25) is 0 Å². The Kier molecular flexibility index (Phi) is 3.88. The lowest BCUT2D eigenvalue weighted by atomic mass is 9.83. The van der Waals surface area contributed by atoms with E-state index in [9.17, 15) is 5.26 Å². The monoisotopic (exact) mass is 283 g/mol. The number of rotatable bonds is 2. The Morgan fingerprint density at radius 1 is 1.25 bits per heavy atom. The van der Waals surface area contributed by atoms with Crippen LogP contribution in [0.3, 0.4) is 0 Å². The molecule has 0 spiro atoms. The van der Waals surface area contributed by atoms with Crippen LogP contribution >= 0.6 is 11.8 Å². The van der Waals surface area contributed by atoms with Crippen molar-refractivity contribution < 1.29 is 0 Å². The number of aromatic nitrogens is 2. The Morgan fingerprint density at radius 3 is 2.95 bits per heavy atom. The van der Waals surface area contributed by atoms with Gasteiger partial charge in [0.05, 0.1) is 17.5 Å². The Hall–Kier alpha value is -1.60. The van der Waals surface area contributed by atoms with E-state index in [4.69, 9.17) is 0 Å². The minimum absolute atomic E-state index is 0.143. The maximum atomic E-state index is 9.34. The predicted octanol–water partition coefficient (Wildman–Crippen LogP) is 4.05. The minimum atomic E-state index is 0.143. The van der Waals surface area contributed by atoms with Crippen molar-refractivity contribution in [3.05, 3.63) is 30.6 Å². The largest absolute Gasteiger partial charge is 0.236 e. The van der Waals surface area contributed by atoms with E-state index in [0.717, 1.165) is 28.8 Å². The first-order chi connectivity index (χ1) is 9.78. The summed E-state index contributed by atoms with van der Waals surface area (Å²) in [4.78, 5) is 8.74. The molecule has 0 N–H and O–H groups in total. The van der Waals surface area contributed by atoms with Crippen molar-refractivity contribution >= 4 is 22.7 Å². The molecule has 1 fully saturated rings. The summed E-state index contributed by atoms with van der Waals surface area (Å²) >= 11 is 1.76. The molecular formula is C16H17N3S. The summed E-state index contributed by atoms with van der Waals surface area (Å²) < 4.78 is 0. The zero-order chi connectivity index (χ0) is 13.9. The molecule has 0 saturated heterocycles. The summed E-state index contributed by atoms with van der Waals surface area (Å²) in [5, 5.41) is 11.8. The first-order valence-electron chi connectivity index (χ1n) is 7.04. The van der Waals surface area contributed by atoms with Gasteiger partial charge in [-0.15, -0.1) is 11.8 Å². The van der Waals surface area contributed by atoms with Crippen LogP contribution in [0.2, 0.25) is 0 Å². The van der Waals surface area contributed by atoms with Crippen LogP contribution in [0.5, 0.6) is 0 Å². The molecule has 102 valence electrons. The van der Waals surface area contributed by atoms with E-state index in [0.29, 0.717) is 11.2 Å². The summed E-state index contributed by atoms with van der Waals surface area (Å²) in [7, 11) is 0. The normalized spacial score (nSPS) is 26.3. The van der Waals surface area contributed by atoms with E-state index in [1.165, 1.54) is 6.42 Å². The molecule has 1 heterocycles. The quantitative estimate of drug-likeness (QED) is 0.780. The number of para-hydroxylation sites is 1. The van der Waals surface area contributed by atoms with Crippen LogP contribution in [0, 0.1) is 23.2 Å². The first-order valence-corrected chi connectivity index (χ1v) is 7.92. The summed E-state index contributed by atoms with van der Waals surface area (Å²) in [5.41, 5.74) is 0.974. The Labute approximate surface area is 123 Å². The Balaban J connectivity index is 1.90. The van der Waals surface area contributed by atoms with Gasteiger partial charge in [0.25, 0.3) is 0 Å². The van der Waals surface area contributed by atoms with E-state index in [-0.39, 0.29) is 5.92 Å². The van der Waals surface area contributed by atoms with Gasteiger partial charge < -0.3 is 0 Å². The van der Waals surface area contributed by atoms with Crippen molar-refractivity contribution in [2.75, 3.05) is 0 Å². The SMILES string of the molecule is CC1CCC(C#N)C(Sc2ncnc3ccccc23)C1. The van der Waals surface area contributed by atoms with Crippen LogP contribution in [-0.2, 0) is 0 Å². The molecular weight excluding hydrogens is 266 g/mol. The second kappa shape index (κ2) is 5.80. The molecule has 0 radical (unpaired) electrons. The average molecular weight is 283 g/mol. The van der Waals surface area contributed by atoms with Crippen molar-refractivity contribution in [1.29, 1.82) is 5.26 Å². The van der Waals surface area contributed by atoms with Crippen LogP contribution in [0.4, 0.5) is 0 Å².